The van der Waals surface area contributed by atoms with E-state index in [1.807, 2.05) is 0 Å². The van der Waals surface area contributed by atoms with Gasteiger partial charge in [-0.2, -0.15) is 0 Å². The summed E-state index contributed by atoms with van der Waals surface area (Å²) in [7, 11) is 0. The van der Waals surface area contributed by atoms with Gasteiger partial charge in [-0.15, -0.1) is 0 Å². The Kier molecular flexibility index (Phi) is 3.62. The van der Waals surface area contributed by atoms with E-state index in [1.54, 1.807) is 24.4 Å². The van der Waals surface area contributed by atoms with Crippen LogP contribution in [0.4, 0.5) is 4.39 Å². The second-order valence-electron chi connectivity index (χ2n) is 3.51. The number of benzene rings is 1. The van der Waals surface area contributed by atoms with Crippen LogP contribution in [0.1, 0.15) is 17.3 Å². The maximum Gasteiger partial charge on any atom is 0.129 e. The molecule has 2 nitrogen and oxygen atoms in total. The molecular formula is C12H9Cl2FN2. The number of aromatic nitrogens is 1. The standard InChI is InChI=1S/C12H9Cl2FN2/c13-7-3-4-8(10(15)6-7)11(16)12-9(14)2-1-5-17-12/h1-6,11H,16H2. The third kappa shape index (κ3) is 2.57. The van der Waals surface area contributed by atoms with Crippen molar-refractivity contribution in [1.82, 2.24) is 4.98 Å². The SMILES string of the molecule is NC(c1ccc(Cl)cc1F)c1ncccc1Cl. The molecule has 5 heteroatoms. The fourth-order valence-corrected chi connectivity index (χ4v) is 1.93. The van der Waals surface area contributed by atoms with E-state index in [-0.39, 0.29) is 0 Å². The van der Waals surface area contributed by atoms with Gasteiger partial charge in [0.05, 0.1) is 16.8 Å². The highest BCUT2D eigenvalue weighted by Crippen LogP contribution is 2.27. The van der Waals surface area contributed by atoms with Crippen molar-refractivity contribution in [3.63, 3.8) is 0 Å². The van der Waals surface area contributed by atoms with Crippen molar-refractivity contribution in [1.29, 1.82) is 0 Å². The van der Waals surface area contributed by atoms with Crippen molar-refractivity contribution in [2.75, 3.05) is 0 Å². The van der Waals surface area contributed by atoms with Crippen LogP contribution >= 0.6 is 23.2 Å². The van der Waals surface area contributed by atoms with Crippen LogP contribution < -0.4 is 5.73 Å². The highest BCUT2D eigenvalue weighted by atomic mass is 35.5. The number of rotatable bonds is 2. The lowest BCUT2D eigenvalue weighted by atomic mass is 10.0. The normalized spacial score (nSPS) is 12.5. The Morgan fingerprint density at radius 2 is 2.00 bits per heavy atom. The van der Waals surface area contributed by atoms with E-state index in [2.05, 4.69) is 4.98 Å². The van der Waals surface area contributed by atoms with Crippen LogP contribution in [0.15, 0.2) is 36.5 Å². The van der Waals surface area contributed by atoms with Gasteiger partial charge in [-0.05, 0) is 24.3 Å². The minimum absolute atomic E-state index is 0.315. The van der Waals surface area contributed by atoms with Crippen LogP contribution in [-0.2, 0) is 0 Å². The van der Waals surface area contributed by atoms with Gasteiger partial charge in [0.2, 0.25) is 0 Å². The number of nitrogens with zero attached hydrogens (tertiary/aromatic N) is 1. The Labute approximate surface area is 108 Å². The molecule has 1 aromatic heterocycles. The molecule has 2 rings (SSSR count). The van der Waals surface area contributed by atoms with E-state index in [0.29, 0.717) is 21.3 Å². The maximum atomic E-state index is 13.7. The lowest BCUT2D eigenvalue weighted by Gasteiger charge is -2.13. The summed E-state index contributed by atoms with van der Waals surface area (Å²) >= 11 is 11.6. The molecule has 0 aliphatic rings. The molecule has 0 amide bonds. The monoisotopic (exact) mass is 270 g/mol. The molecule has 2 N–H and O–H groups in total. The van der Waals surface area contributed by atoms with E-state index < -0.39 is 11.9 Å². The maximum absolute atomic E-state index is 13.7. The average Bonchev–Trinajstić information content (AvgIpc) is 2.29. The molecule has 1 unspecified atom stereocenters. The summed E-state index contributed by atoms with van der Waals surface area (Å²) < 4.78 is 13.7. The Morgan fingerprint density at radius 1 is 1.24 bits per heavy atom. The lowest BCUT2D eigenvalue weighted by Crippen LogP contribution is -2.15. The van der Waals surface area contributed by atoms with Crippen LogP contribution in [0.25, 0.3) is 0 Å². The predicted molar refractivity (Wildman–Crippen MR) is 66.7 cm³/mol. The molecule has 1 heterocycles. The van der Waals surface area contributed by atoms with Crippen molar-refractivity contribution in [2.45, 2.75) is 6.04 Å². The average molecular weight is 271 g/mol. The first kappa shape index (κ1) is 12.3. The van der Waals surface area contributed by atoms with Crippen molar-refractivity contribution >= 4 is 23.2 Å². The first-order valence-corrected chi connectivity index (χ1v) is 5.66. The molecule has 17 heavy (non-hydrogen) atoms. The fraction of sp³-hybridized carbons (Fsp3) is 0.0833. The minimum atomic E-state index is -0.707. The summed E-state index contributed by atoms with van der Waals surface area (Å²) in [6, 6.07) is 6.98. The van der Waals surface area contributed by atoms with E-state index in [0.717, 1.165) is 0 Å². The van der Waals surface area contributed by atoms with Crippen LogP contribution in [0, 0.1) is 5.82 Å². The molecular weight excluding hydrogens is 262 g/mol. The van der Waals surface area contributed by atoms with Gasteiger partial charge in [0.15, 0.2) is 0 Å². The molecule has 0 fully saturated rings. The highest BCUT2D eigenvalue weighted by molar-refractivity contribution is 6.31. The molecule has 1 aromatic carbocycles. The summed E-state index contributed by atoms with van der Waals surface area (Å²) in [4.78, 5) is 4.06. The summed E-state index contributed by atoms with van der Waals surface area (Å²) in [6.45, 7) is 0. The van der Waals surface area contributed by atoms with Gasteiger partial charge in [-0.3, -0.25) is 4.98 Å². The van der Waals surface area contributed by atoms with E-state index in [4.69, 9.17) is 28.9 Å². The minimum Gasteiger partial charge on any atom is -0.319 e. The fourth-order valence-electron chi connectivity index (χ4n) is 1.53. The van der Waals surface area contributed by atoms with Gasteiger partial charge in [-0.25, -0.2) is 4.39 Å². The Bertz CT molecular complexity index is 546. The number of hydrogen-bond donors (Lipinski definition) is 1. The van der Waals surface area contributed by atoms with E-state index in [9.17, 15) is 4.39 Å². The molecule has 88 valence electrons. The topological polar surface area (TPSA) is 38.9 Å². The molecule has 1 atom stereocenters. The first-order valence-electron chi connectivity index (χ1n) is 4.90. The van der Waals surface area contributed by atoms with Crippen LogP contribution in [-0.4, -0.2) is 4.98 Å². The second kappa shape index (κ2) is 5.00. The van der Waals surface area contributed by atoms with Crippen molar-refractivity contribution in [2.24, 2.45) is 5.73 Å². The second-order valence-corrected chi connectivity index (χ2v) is 4.36. The van der Waals surface area contributed by atoms with Crippen molar-refractivity contribution in [3.8, 4) is 0 Å². The third-order valence-electron chi connectivity index (χ3n) is 2.38. The van der Waals surface area contributed by atoms with Gasteiger partial charge in [0, 0.05) is 16.8 Å². The largest absolute Gasteiger partial charge is 0.319 e. The molecule has 2 aromatic rings. The van der Waals surface area contributed by atoms with Crippen molar-refractivity contribution in [3.05, 3.63) is 63.6 Å². The summed E-state index contributed by atoms with van der Waals surface area (Å²) in [6.07, 6.45) is 1.56. The van der Waals surface area contributed by atoms with Gasteiger partial charge >= 0.3 is 0 Å². The van der Waals surface area contributed by atoms with E-state index >= 15 is 0 Å². The van der Waals surface area contributed by atoms with Crippen LogP contribution in [0.5, 0.6) is 0 Å². The van der Waals surface area contributed by atoms with Gasteiger partial charge in [0.1, 0.15) is 5.82 Å². The molecule has 0 aliphatic heterocycles. The smallest absolute Gasteiger partial charge is 0.129 e. The Morgan fingerprint density at radius 3 is 2.65 bits per heavy atom. The van der Waals surface area contributed by atoms with Gasteiger partial charge in [0.25, 0.3) is 0 Å². The highest BCUT2D eigenvalue weighted by Gasteiger charge is 2.17. The number of hydrogen-bond acceptors (Lipinski definition) is 2. The summed E-state index contributed by atoms with van der Waals surface area (Å²) in [5, 5.41) is 0.736. The molecule has 0 bridgehead atoms. The van der Waals surface area contributed by atoms with Gasteiger partial charge < -0.3 is 5.73 Å². The third-order valence-corrected chi connectivity index (χ3v) is 2.93. The first-order chi connectivity index (χ1) is 8.09. The zero-order valence-corrected chi connectivity index (χ0v) is 10.2. The Hall–Kier alpha value is -1.16. The molecule has 0 spiro atoms. The molecule has 0 saturated heterocycles. The molecule has 0 saturated carbocycles. The lowest BCUT2D eigenvalue weighted by molar-refractivity contribution is 0.597. The van der Waals surface area contributed by atoms with E-state index in [1.165, 1.54) is 12.1 Å². The van der Waals surface area contributed by atoms with Crippen LogP contribution in [0.2, 0.25) is 10.0 Å². The predicted octanol–water partition coefficient (Wildman–Crippen LogP) is 3.58. The zero-order valence-electron chi connectivity index (χ0n) is 8.70. The summed E-state index contributed by atoms with van der Waals surface area (Å²) in [5.74, 6) is -0.466. The number of nitrogens with two attached hydrogens (primary N) is 1. The number of halogens is 3. The summed E-state index contributed by atoms with van der Waals surface area (Å²) in [5.41, 5.74) is 6.69. The molecule has 0 aliphatic carbocycles. The molecule has 0 radical (unpaired) electrons. The Balaban J connectivity index is 2.44. The number of pyridine rings is 1. The quantitative estimate of drug-likeness (QED) is 0.906. The van der Waals surface area contributed by atoms with Gasteiger partial charge in [-0.1, -0.05) is 29.3 Å². The van der Waals surface area contributed by atoms with Crippen LogP contribution in [0.3, 0.4) is 0 Å². The zero-order chi connectivity index (χ0) is 12.4. The van der Waals surface area contributed by atoms with Crippen molar-refractivity contribution < 1.29 is 4.39 Å².